The molecule has 1 amide bonds. The van der Waals surface area contributed by atoms with Crippen LogP contribution in [0.25, 0.3) is 0 Å². The molecule has 1 atom stereocenters. The molecule has 1 aliphatic rings. The predicted molar refractivity (Wildman–Crippen MR) is 78.3 cm³/mol. The maximum atomic E-state index is 11.5. The summed E-state index contributed by atoms with van der Waals surface area (Å²) in [5, 5.41) is 8.34. The van der Waals surface area contributed by atoms with Crippen molar-refractivity contribution in [1.29, 1.82) is 0 Å². The minimum atomic E-state index is -0.00531. The third-order valence-corrected chi connectivity index (χ3v) is 4.67. The number of thioether (sulfide) groups is 1. The van der Waals surface area contributed by atoms with Crippen LogP contribution in [0.4, 0.5) is 0 Å². The number of rotatable bonds is 3. The monoisotopic (exact) mass is 288 g/mol. The molecule has 3 rings (SSSR count). The third-order valence-electron chi connectivity index (χ3n) is 3.38. The molecule has 2 heterocycles. The van der Waals surface area contributed by atoms with Gasteiger partial charge in [0.25, 0.3) is 0 Å². The Kier molecular flexibility index (Phi) is 3.48. The number of amides is 1. The molecule has 1 aromatic heterocycles. The lowest BCUT2D eigenvalue weighted by Gasteiger charge is -2.15. The van der Waals surface area contributed by atoms with Gasteiger partial charge in [-0.25, -0.2) is 4.68 Å². The van der Waals surface area contributed by atoms with Gasteiger partial charge in [0.05, 0.1) is 18.5 Å². The van der Waals surface area contributed by atoms with Gasteiger partial charge in [-0.1, -0.05) is 35.0 Å². The molecule has 5 nitrogen and oxygen atoms in total. The highest BCUT2D eigenvalue weighted by molar-refractivity contribution is 8.00. The van der Waals surface area contributed by atoms with Crippen LogP contribution in [-0.4, -0.2) is 38.6 Å². The molecule has 1 aromatic carbocycles. The van der Waals surface area contributed by atoms with E-state index in [1.54, 1.807) is 16.7 Å². The number of hydrogen-bond acceptors (Lipinski definition) is 4. The van der Waals surface area contributed by atoms with Gasteiger partial charge in [0.1, 0.15) is 11.1 Å². The van der Waals surface area contributed by atoms with E-state index in [-0.39, 0.29) is 11.3 Å². The summed E-state index contributed by atoms with van der Waals surface area (Å²) in [6, 6.07) is 8.37. The summed E-state index contributed by atoms with van der Waals surface area (Å²) in [7, 11) is 1.81. The van der Waals surface area contributed by atoms with Crippen molar-refractivity contribution >= 4 is 17.7 Å². The summed E-state index contributed by atoms with van der Waals surface area (Å²) in [6.45, 7) is 2.77. The van der Waals surface area contributed by atoms with Gasteiger partial charge in [-0.15, -0.1) is 16.9 Å². The fourth-order valence-electron chi connectivity index (χ4n) is 2.16. The molecule has 20 heavy (non-hydrogen) atoms. The molecule has 1 saturated heterocycles. The van der Waals surface area contributed by atoms with Crippen LogP contribution in [0, 0.1) is 6.92 Å². The Hall–Kier alpha value is -1.82. The van der Waals surface area contributed by atoms with E-state index in [1.807, 2.05) is 17.9 Å². The molecule has 0 radical (unpaired) electrons. The summed E-state index contributed by atoms with van der Waals surface area (Å²) < 4.78 is 1.82. The summed E-state index contributed by atoms with van der Waals surface area (Å²) in [4.78, 5) is 13.3. The van der Waals surface area contributed by atoms with Gasteiger partial charge in [-0.3, -0.25) is 4.79 Å². The molecule has 6 heteroatoms. The molecule has 1 fully saturated rings. The summed E-state index contributed by atoms with van der Waals surface area (Å²) in [6.07, 6.45) is 1.92. The van der Waals surface area contributed by atoms with Gasteiger partial charge in [0.15, 0.2) is 0 Å². The Morgan fingerprint density at radius 2 is 2.10 bits per heavy atom. The molecule has 0 saturated carbocycles. The minimum Gasteiger partial charge on any atom is -0.327 e. The third kappa shape index (κ3) is 2.56. The topological polar surface area (TPSA) is 51.0 Å². The number of aryl methyl sites for hydroxylation is 1. The zero-order valence-electron chi connectivity index (χ0n) is 11.5. The first-order valence-corrected chi connectivity index (χ1v) is 7.51. The highest BCUT2D eigenvalue weighted by Gasteiger charge is 2.31. The highest BCUT2D eigenvalue weighted by atomic mass is 32.2. The molecule has 0 aliphatic carbocycles. The van der Waals surface area contributed by atoms with Gasteiger partial charge >= 0.3 is 0 Å². The first-order valence-electron chi connectivity index (χ1n) is 6.46. The van der Waals surface area contributed by atoms with E-state index in [1.165, 1.54) is 11.1 Å². The zero-order valence-corrected chi connectivity index (χ0v) is 12.3. The van der Waals surface area contributed by atoms with E-state index < -0.39 is 0 Å². The van der Waals surface area contributed by atoms with E-state index >= 15 is 0 Å². The molecular formula is C14H16N4OS. The molecule has 1 aliphatic heterocycles. The number of aromatic nitrogens is 3. The largest absolute Gasteiger partial charge is 0.327 e. The fourth-order valence-corrected chi connectivity index (χ4v) is 3.29. The number of nitrogens with zero attached hydrogens (tertiary/aromatic N) is 4. The Labute approximate surface area is 122 Å². The lowest BCUT2D eigenvalue weighted by molar-refractivity contribution is -0.126. The number of benzene rings is 1. The maximum Gasteiger partial charge on any atom is 0.233 e. The van der Waals surface area contributed by atoms with Crippen LogP contribution < -0.4 is 0 Å². The zero-order chi connectivity index (χ0) is 14.1. The predicted octanol–water partition coefficient (Wildman–Crippen LogP) is 1.84. The van der Waals surface area contributed by atoms with Crippen LogP contribution in [-0.2, 0) is 11.3 Å². The average Bonchev–Trinajstić information content (AvgIpc) is 3.01. The van der Waals surface area contributed by atoms with E-state index in [0.717, 1.165) is 5.69 Å². The Balaban J connectivity index is 1.74. The second-order valence-corrected chi connectivity index (χ2v) is 6.06. The first-order chi connectivity index (χ1) is 9.63. The Morgan fingerprint density at radius 3 is 2.75 bits per heavy atom. The van der Waals surface area contributed by atoms with E-state index in [0.29, 0.717) is 12.3 Å². The van der Waals surface area contributed by atoms with Crippen molar-refractivity contribution in [1.82, 2.24) is 19.9 Å². The van der Waals surface area contributed by atoms with Crippen LogP contribution in [0.2, 0.25) is 0 Å². The van der Waals surface area contributed by atoms with Crippen molar-refractivity contribution < 1.29 is 4.79 Å². The lowest BCUT2D eigenvalue weighted by atomic mass is 10.1. The number of carbonyl (C=O) groups excluding carboxylic acids is 1. The van der Waals surface area contributed by atoms with E-state index in [9.17, 15) is 4.79 Å². The van der Waals surface area contributed by atoms with Crippen molar-refractivity contribution in [3.63, 3.8) is 0 Å². The summed E-state index contributed by atoms with van der Waals surface area (Å²) in [5.41, 5.74) is 3.28. The van der Waals surface area contributed by atoms with Crippen molar-refractivity contribution in [2.45, 2.75) is 18.8 Å². The van der Waals surface area contributed by atoms with Gasteiger partial charge in [-0.05, 0) is 12.5 Å². The normalized spacial score (nSPS) is 18.8. The molecule has 0 unspecified atom stereocenters. The van der Waals surface area contributed by atoms with Gasteiger partial charge in [-0.2, -0.15) is 0 Å². The van der Waals surface area contributed by atoms with E-state index in [2.05, 4.69) is 41.5 Å². The molecule has 104 valence electrons. The fraction of sp³-hybridized carbons (Fsp3) is 0.357. The summed E-state index contributed by atoms with van der Waals surface area (Å²) >= 11 is 1.59. The van der Waals surface area contributed by atoms with Crippen molar-refractivity contribution in [3.05, 3.63) is 47.3 Å². The van der Waals surface area contributed by atoms with Crippen LogP contribution >= 0.6 is 11.8 Å². The SMILES string of the molecule is Cc1ccc(Cn2cc([C@@H]3SCC(=O)N3C)nn2)cc1. The molecule has 0 spiro atoms. The van der Waals surface area contributed by atoms with Crippen molar-refractivity contribution in [3.8, 4) is 0 Å². The first kappa shape index (κ1) is 13.2. The number of hydrogen-bond donors (Lipinski definition) is 0. The smallest absolute Gasteiger partial charge is 0.233 e. The highest BCUT2D eigenvalue weighted by Crippen LogP contribution is 2.35. The number of carbonyl (C=O) groups is 1. The second-order valence-electron chi connectivity index (χ2n) is 4.99. The summed E-state index contributed by atoms with van der Waals surface area (Å²) in [5.74, 6) is 0.666. The van der Waals surface area contributed by atoms with Gasteiger partial charge in [0.2, 0.25) is 5.91 Å². The van der Waals surface area contributed by atoms with E-state index in [4.69, 9.17) is 0 Å². The van der Waals surface area contributed by atoms with Crippen molar-refractivity contribution in [2.24, 2.45) is 0 Å². The van der Waals surface area contributed by atoms with Gasteiger partial charge < -0.3 is 4.90 Å². The lowest BCUT2D eigenvalue weighted by Crippen LogP contribution is -2.23. The quantitative estimate of drug-likeness (QED) is 0.865. The van der Waals surface area contributed by atoms with Gasteiger partial charge in [0, 0.05) is 7.05 Å². The average molecular weight is 288 g/mol. The molecule has 2 aromatic rings. The van der Waals surface area contributed by atoms with Crippen LogP contribution in [0.15, 0.2) is 30.5 Å². The van der Waals surface area contributed by atoms with Crippen LogP contribution in [0.5, 0.6) is 0 Å². The molecular weight excluding hydrogens is 272 g/mol. The maximum absolute atomic E-state index is 11.5. The minimum absolute atomic E-state index is 0.00531. The van der Waals surface area contributed by atoms with Crippen molar-refractivity contribution in [2.75, 3.05) is 12.8 Å². The Bertz CT molecular complexity index is 622. The standard InChI is InChI=1S/C14H16N4OS/c1-10-3-5-11(6-4-10)7-18-8-12(15-16-18)14-17(2)13(19)9-20-14/h3-6,8,14H,7,9H2,1-2H3/t14-/m0/s1. The Morgan fingerprint density at radius 1 is 1.35 bits per heavy atom. The van der Waals surface area contributed by atoms with Crippen LogP contribution in [0.1, 0.15) is 22.2 Å². The molecule has 0 bridgehead atoms. The second kappa shape index (κ2) is 5.28. The van der Waals surface area contributed by atoms with Crippen LogP contribution in [0.3, 0.4) is 0 Å². The molecule has 0 N–H and O–H groups in total.